The summed E-state index contributed by atoms with van der Waals surface area (Å²) in [5.74, 6) is 2.05. The van der Waals surface area contributed by atoms with Crippen LogP contribution in [0.15, 0.2) is 36.5 Å². The molecule has 1 saturated heterocycles. The van der Waals surface area contributed by atoms with Gasteiger partial charge in [-0.1, -0.05) is 6.42 Å². The number of piperazine rings is 1. The fourth-order valence-corrected chi connectivity index (χ4v) is 5.25. The highest BCUT2D eigenvalue weighted by atomic mass is 16.5. The van der Waals surface area contributed by atoms with Gasteiger partial charge in [-0.05, 0) is 71.0 Å². The summed E-state index contributed by atoms with van der Waals surface area (Å²) in [5, 5.41) is 6.63. The Balaban J connectivity index is 1.58. The van der Waals surface area contributed by atoms with Gasteiger partial charge >= 0.3 is 6.03 Å². The van der Waals surface area contributed by atoms with Crippen molar-refractivity contribution in [3.63, 3.8) is 0 Å². The van der Waals surface area contributed by atoms with Crippen molar-refractivity contribution in [2.24, 2.45) is 0 Å². The summed E-state index contributed by atoms with van der Waals surface area (Å²) in [4.78, 5) is 41.8. The molecule has 11 heteroatoms. The summed E-state index contributed by atoms with van der Waals surface area (Å²) in [5.41, 5.74) is 1.61. The third kappa shape index (κ3) is 9.03. The van der Waals surface area contributed by atoms with Crippen LogP contribution in [-0.2, 0) is 4.79 Å². The lowest BCUT2D eigenvalue weighted by atomic mass is 10.0. The van der Waals surface area contributed by atoms with E-state index in [1.54, 1.807) is 38.3 Å². The van der Waals surface area contributed by atoms with Crippen molar-refractivity contribution in [3.05, 3.63) is 36.5 Å². The zero-order valence-electron chi connectivity index (χ0n) is 27.2. The van der Waals surface area contributed by atoms with E-state index in [1.807, 2.05) is 45.0 Å². The van der Waals surface area contributed by atoms with Crippen LogP contribution in [0.1, 0.15) is 47.0 Å². The van der Waals surface area contributed by atoms with E-state index in [-0.39, 0.29) is 11.9 Å². The maximum atomic E-state index is 13.0. The number of amides is 3. The van der Waals surface area contributed by atoms with Crippen LogP contribution in [0.5, 0.6) is 11.5 Å². The van der Waals surface area contributed by atoms with Gasteiger partial charge in [0, 0.05) is 74.5 Å². The molecule has 1 aromatic carbocycles. The van der Waals surface area contributed by atoms with Gasteiger partial charge in [0.05, 0.1) is 19.7 Å². The maximum Gasteiger partial charge on any atom is 0.320 e. The molecule has 0 saturated carbocycles. The number of hydrogen-bond acceptors (Lipinski definition) is 8. The molecule has 3 amide bonds. The average Bonchev–Trinajstić information content (AvgIpc) is 2.97. The molecule has 2 N–H and O–H groups in total. The number of carbonyl (C=O) groups excluding carboxylic acids is 2. The molecule has 11 nitrogen and oxygen atoms in total. The van der Waals surface area contributed by atoms with Crippen LogP contribution in [0.2, 0.25) is 0 Å². The third-order valence-corrected chi connectivity index (χ3v) is 7.68. The minimum absolute atomic E-state index is 0.0704. The highest BCUT2D eigenvalue weighted by Crippen LogP contribution is 2.35. The van der Waals surface area contributed by atoms with Crippen LogP contribution in [0.4, 0.5) is 16.4 Å². The third-order valence-electron chi connectivity index (χ3n) is 7.68. The number of ether oxygens (including phenoxy) is 2. The minimum Gasteiger partial charge on any atom is -0.497 e. The highest BCUT2D eigenvalue weighted by Gasteiger charge is 2.20. The summed E-state index contributed by atoms with van der Waals surface area (Å²) in [6.45, 7) is 13.4. The Kier molecular flexibility index (Phi) is 11.0. The van der Waals surface area contributed by atoms with Crippen LogP contribution >= 0.6 is 0 Å². The molecule has 238 valence electrons. The van der Waals surface area contributed by atoms with E-state index in [0.29, 0.717) is 40.8 Å². The molecule has 1 aliphatic rings. The quantitative estimate of drug-likeness (QED) is 0.294. The first kappa shape index (κ1) is 32.9. The van der Waals surface area contributed by atoms with E-state index in [0.717, 1.165) is 62.9 Å². The molecule has 0 bridgehead atoms. The Hall–Kier alpha value is -3.96. The van der Waals surface area contributed by atoms with E-state index in [2.05, 4.69) is 32.5 Å². The van der Waals surface area contributed by atoms with Gasteiger partial charge in [0.1, 0.15) is 23.1 Å². The fraction of sp³-hybridized carbons (Fsp3) is 0.515. The molecular formula is C33H47N7O4. The van der Waals surface area contributed by atoms with Crippen molar-refractivity contribution < 1.29 is 19.1 Å². The van der Waals surface area contributed by atoms with Gasteiger partial charge in [-0.15, -0.1) is 0 Å². The first-order valence-electron chi connectivity index (χ1n) is 15.3. The summed E-state index contributed by atoms with van der Waals surface area (Å²) < 4.78 is 11.0. The van der Waals surface area contributed by atoms with Crippen LogP contribution in [0, 0.1) is 0 Å². The summed E-state index contributed by atoms with van der Waals surface area (Å²) >= 11 is 0. The maximum absolute atomic E-state index is 13.0. The molecule has 44 heavy (non-hydrogen) atoms. The molecule has 1 aliphatic heterocycles. The van der Waals surface area contributed by atoms with E-state index in [4.69, 9.17) is 14.5 Å². The number of methoxy groups -OCH3 is 2. The summed E-state index contributed by atoms with van der Waals surface area (Å²) in [6.07, 6.45) is 4.75. The van der Waals surface area contributed by atoms with Crippen LogP contribution in [-0.4, -0.2) is 97.8 Å². The number of anilines is 2. The van der Waals surface area contributed by atoms with Gasteiger partial charge in [-0.25, -0.2) is 14.8 Å². The standard InChI is InChI=1S/C33H47N7O4/c1-23(41)40(12-10-8-9-11-39-15-13-38(5)14-16-39)30-21-29-25(22-34-30)19-28(24-17-26(43-6)20-27(18-24)44-7)31(35-29)36-32(42)37-33(2,3)4/h17-22H,8-16H2,1-7H3,(H2,35,36,37,42). The van der Waals surface area contributed by atoms with Crippen molar-refractivity contribution in [1.82, 2.24) is 25.1 Å². The number of unbranched alkanes of at least 4 members (excludes halogenated alkanes) is 2. The Morgan fingerprint density at radius 3 is 2.25 bits per heavy atom. The number of likely N-dealkylation sites (N-methyl/N-ethyl adjacent to an activating group) is 1. The van der Waals surface area contributed by atoms with Gasteiger partial charge in [0.25, 0.3) is 0 Å². The van der Waals surface area contributed by atoms with E-state index < -0.39 is 5.54 Å². The average molecular weight is 606 g/mol. The Labute approximate surface area is 260 Å². The van der Waals surface area contributed by atoms with Crippen molar-refractivity contribution in [2.75, 3.05) is 70.8 Å². The predicted octanol–water partition coefficient (Wildman–Crippen LogP) is 5.00. The lowest BCUT2D eigenvalue weighted by molar-refractivity contribution is -0.116. The molecule has 0 atom stereocenters. The topological polar surface area (TPSA) is 112 Å². The lowest BCUT2D eigenvalue weighted by Gasteiger charge is -2.32. The number of nitrogens with one attached hydrogen (secondary N) is 2. The molecule has 0 aliphatic carbocycles. The monoisotopic (exact) mass is 605 g/mol. The van der Waals surface area contributed by atoms with E-state index in [1.165, 1.54) is 0 Å². The van der Waals surface area contributed by atoms with Gasteiger partial charge in [-0.3, -0.25) is 15.0 Å². The second-order valence-corrected chi connectivity index (χ2v) is 12.4. The van der Waals surface area contributed by atoms with Crippen molar-refractivity contribution in [2.45, 2.75) is 52.5 Å². The van der Waals surface area contributed by atoms with E-state index in [9.17, 15) is 9.59 Å². The molecule has 3 heterocycles. The van der Waals surface area contributed by atoms with Crippen LogP contribution < -0.4 is 25.0 Å². The molecule has 0 unspecified atom stereocenters. The molecule has 2 aromatic heterocycles. The Morgan fingerprint density at radius 1 is 0.955 bits per heavy atom. The molecule has 1 fully saturated rings. The smallest absolute Gasteiger partial charge is 0.320 e. The van der Waals surface area contributed by atoms with Crippen molar-refractivity contribution in [1.29, 1.82) is 0 Å². The van der Waals surface area contributed by atoms with Crippen LogP contribution in [0.25, 0.3) is 22.0 Å². The molecule has 3 aromatic rings. The van der Waals surface area contributed by atoms with Crippen molar-refractivity contribution >= 4 is 34.5 Å². The largest absolute Gasteiger partial charge is 0.497 e. The summed E-state index contributed by atoms with van der Waals surface area (Å²) in [6, 6.07) is 8.87. The highest BCUT2D eigenvalue weighted by molar-refractivity contribution is 5.98. The number of benzene rings is 1. The first-order chi connectivity index (χ1) is 21.0. The number of pyridine rings is 2. The minimum atomic E-state index is -0.441. The second-order valence-electron chi connectivity index (χ2n) is 12.4. The Morgan fingerprint density at radius 2 is 1.64 bits per heavy atom. The van der Waals surface area contributed by atoms with Gasteiger partial charge < -0.3 is 24.6 Å². The number of hydrogen-bond donors (Lipinski definition) is 2. The van der Waals surface area contributed by atoms with Gasteiger partial charge in [0.15, 0.2) is 0 Å². The molecule has 0 spiro atoms. The normalized spacial score (nSPS) is 14.3. The molecule has 4 rings (SSSR count). The number of rotatable bonds is 11. The Bertz CT molecular complexity index is 1430. The lowest BCUT2D eigenvalue weighted by Crippen LogP contribution is -2.44. The molecule has 0 radical (unpaired) electrons. The SMILES string of the molecule is COc1cc(OC)cc(-c2cc3cnc(N(CCCCCN4CCN(C)CC4)C(C)=O)cc3nc2NC(=O)NC(C)(C)C)c1. The van der Waals surface area contributed by atoms with Crippen molar-refractivity contribution in [3.8, 4) is 22.6 Å². The predicted molar refractivity (Wildman–Crippen MR) is 176 cm³/mol. The number of nitrogens with zero attached hydrogens (tertiary/aromatic N) is 5. The number of carbonyl (C=O) groups is 2. The zero-order valence-corrected chi connectivity index (χ0v) is 27.2. The van der Waals surface area contributed by atoms with Gasteiger partial charge in [-0.2, -0.15) is 0 Å². The van der Waals surface area contributed by atoms with E-state index >= 15 is 0 Å². The molecular weight excluding hydrogens is 558 g/mol. The summed E-state index contributed by atoms with van der Waals surface area (Å²) in [7, 11) is 5.35. The van der Waals surface area contributed by atoms with Gasteiger partial charge in [0.2, 0.25) is 5.91 Å². The number of urea groups is 1. The number of fused-ring (bicyclic) bond motifs is 1. The second kappa shape index (κ2) is 14.7. The fourth-order valence-electron chi connectivity index (χ4n) is 5.25. The zero-order chi connectivity index (χ0) is 31.9. The van der Waals surface area contributed by atoms with Crippen LogP contribution in [0.3, 0.4) is 0 Å². The number of aromatic nitrogens is 2. The first-order valence-corrected chi connectivity index (χ1v) is 15.3.